The molecule has 7 heteroatoms. The number of hydrogen-bond donors (Lipinski definition) is 1. The van der Waals surface area contributed by atoms with Crippen LogP contribution in [0.3, 0.4) is 0 Å². The second-order valence-corrected chi connectivity index (χ2v) is 6.15. The fourth-order valence-corrected chi connectivity index (χ4v) is 2.58. The number of nitrogens with one attached hydrogen (secondary N) is 1. The van der Waals surface area contributed by atoms with Gasteiger partial charge in [0, 0.05) is 18.5 Å². The van der Waals surface area contributed by atoms with E-state index in [2.05, 4.69) is 5.32 Å². The molecule has 0 aliphatic carbocycles. The number of carbonyl (C=O) groups is 2. The molecule has 0 atom stereocenters. The van der Waals surface area contributed by atoms with Gasteiger partial charge in [0.25, 0.3) is 0 Å². The molecular weight excluding hydrogens is 359 g/mol. The molecule has 26 heavy (non-hydrogen) atoms. The van der Waals surface area contributed by atoms with E-state index in [9.17, 15) is 14.0 Å². The number of anilines is 1. The van der Waals surface area contributed by atoms with E-state index in [1.165, 1.54) is 31.1 Å². The topological polar surface area (TPSA) is 58.6 Å². The van der Waals surface area contributed by atoms with Crippen molar-refractivity contribution in [3.63, 3.8) is 0 Å². The van der Waals surface area contributed by atoms with Crippen LogP contribution < -0.4 is 10.1 Å². The van der Waals surface area contributed by atoms with Crippen molar-refractivity contribution < 1.29 is 18.7 Å². The summed E-state index contributed by atoms with van der Waals surface area (Å²) in [7, 11) is 1.49. The highest BCUT2D eigenvalue weighted by Crippen LogP contribution is 2.27. The first-order valence-corrected chi connectivity index (χ1v) is 8.40. The molecule has 5 nitrogen and oxygen atoms in total. The van der Waals surface area contributed by atoms with Crippen LogP contribution in [0.5, 0.6) is 5.75 Å². The second-order valence-electron chi connectivity index (χ2n) is 5.71. The predicted molar refractivity (Wildman–Crippen MR) is 99.0 cm³/mol. The van der Waals surface area contributed by atoms with Crippen molar-refractivity contribution in [2.24, 2.45) is 0 Å². The summed E-state index contributed by atoms with van der Waals surface area (Å²) in [6.45, 7) is 1.64. The van der Waals surface area contributed by atoms with Gasteiger partial charge in [-0.15, -0.1) is 0 Å². The molecular formula is C19H20ClFN2O3. The van der Waals surface area contributed by atoms with Gasteiger partial charge in [0.2, 0.25) is 11.8 Å². The Morgan fingerprint density at radius 3 is 2.50 bits per heavy atom. The number of amides is 2. The molecule has 1 N–H and O–H groups in total. The number of rotatable bonds is 7. The third kappa shape index (κ3) is 5.74. The molecule has 0 radical (unpaired) electrons. The van der Waals surface area contributed by atoms with E-state index in [0.29, 0.717) is 29.4 Å². The van der Waals surface area contributed by atoms with Crippen molar-refractivity contribution >= 4 is 29.1 Å². The summed E-state index contributed by atoms with van der Waals surface area (Å²) in [4.78, 5) is 25.6. The zero-order chi connectivity index (χ0) is 19.1. The lowest BCUT2D eigenvalue weighted by Gasteiger charge is -2.21. The Kier molecular flexibility index (Phi) is 6.97. The summed E-state index contributed by atoms with van der Waals surface area (Å²) >= 11 is 5.94. The van der Waals surface area contributed by atoms with Gasteiger partial charge in [-0.3, -0.25) is 9.59 Å². The monoisotopic (exact) mass is 378 g/mol. The van der Waals surface area contributed by atoms with Crippen LogP contribution in [0, 0.1) is 5.82 Å². The Hall–Kier alpha value is -2.60. The highest BCUT2D eigenvalue weighted by atomic mass is 35.5. The van der Waals surface area contributed by atoms with E-state index in [-0.39, 0.29) is 24.2 Å². The lowest BCUT2D eigenvalue weighted by molar-refractivity contribution is -0.132. The summed E-state index contributed by atoms with van der Waals surface area (Å²) in [6.07, 6.45) is 0.521. The lowest BCUT2D eigenvalue weighted by Crippen LogP contribution is -2.38. The minimum Gasteiger partial charge on any atom is -0.495 e. The van der Waals surface area contributed by atoms with Gasteiger partial charge in [0.1, 0.15) is 11.6 Å². The normalized spacial score (nSPS) is 10.3. The minimum atomic E-state index is -0.361. The minimum absolute atomic E-state index is 0.105. The zero-order valence-electron chi connectivity index (χ0n) is 14.6. The standard InChI is InChI=1S/C19H20ClFN2O3/c1-13(24)23(10-9-14-3-6-16(21)7-4-14)12-19(25)22-17-11-15(20)5-8-18(17)26-2/h3-8,11H,9-10,12H2,1-2H3,(H,22,25). The molecule has 138 valence electrons. The lowest BCUT2D eigenvalue weighted by atomic mass is 10.1. The van der Waals surface area contributed by atoms with Gasteiger partial charge in [-0.2, -0.15) is 0 Å². The summed E-state index contributed by atoms with van der Waals surface area (Å²) in [5.41, 5.74) is 1.32. The van der Waals surface area contributed by atoms with Gasteiger partial charge < -0.3 is 15.0 Å². The Labute approximate surface area is 156 Å². The quantitative estimate of drug-likeness (QED) is 0.802. The molecule has 0 unspecified atom stereocenters. The Morgan fingerprint density at radius 1 is 1.19 bits per heavy atom. The van der Waals surface area contributed by atoms with Gasteiger partial charge in [-0.25, -0.2) is 4.39 Å². The predicted octanol–water partition coefficient (Wildman–Crippen LogP) is 3.52. The van der Waals surface area contributed by atoms with Gasteiger partial charge in [-0.1, -0.05) is 23.7 Å². The number of ether oxygens (including phenoxy) is 1. The molecule has 2 aromatic carbocycles. The van der Waals surface area contributed by atoms with Crippen LogP contribution in [0.1, 0.15) is 12.5 Å². The van der Waals surface area contributed by atoms with E-state index in [1.54, 1.807) is 30.3 Å². The fourth-order valence-electron chi connectivity index (χ4n) is 2.40. The number of hydrogen-bond acceptors (Lipinski definition) is 3. The van der Waals surface area contributed by atoms with Crippen LogP contribution >= 0.6 is 11.6 Å². The van der Waals surface area contributed by atoms with Gasteiger partial charge in [-0.05, 0) is 42.3 Å². The first kappa shape index (κ1) is 19.7. The Balaban J connectivity index is 1.98. The number of methoxy groups -OCH3 is 1. The summed E-state index contributed by atoms with van der Waals surface area (Å²) in [5, 5.41) is 3.16. The van der Waals surface area contributed by atoms with Crippen LogP contribution in [0.2, 0.25) is 5.02 Å². The highest BCUT2D eigenvalue weighted by molar-refractivity contribution is 6.31. The van der Waals surface area contributed by atoms with E-state index in [0.717, 1.165) is 5.56 Å². The van der Waals surface area contributed by atoms with Gasteiger partial charge >= 0.3 is 0 Å². The molecule has 0 fully saturated rings. The second kappa shape index (κ2) is 9.20. The van der Waals surface area contributed by atoms with Crippen molar-refractivity contribution in [3.05, 3.63) is 58.9 Å². The maximum atomic E-state index is 12.9. The largest absolute Gasteiger partial charge is 0.495 e. The smallest absolute Gasteiger partial charge is 0.244 e. The van der Waals surface area contributed by atoms with Crippen molar-refractivity contribution in [2.75, 3.05) is 25.5 Å². The van der Waals surface area contributed by atoms with Crippen molar-refractivity contribution in [1.82, 2.24) is 4.90 Å². The molecule has 2 amide bonds. The maximum absolute atomic E-state index is 12.9. The maximum Gasteiger partial charge on any atom is 0.244 e. The fraction of sp³-hybridized carbons (Fsp3) is 0.263. The van der Waals surface area contributed by atoms with Crippen LogP contribution in [0.15, 0.2) is 42.5 Å². The first-order valence-electron chi connectivity index (χ1n) is 8.02. The SMILES string of the molecule is COc1ccc(Cl)cc1NC(=O)CN(CCc1ccc(F)cc1)C(C)=O. The summed E-state index contributed by atoms with van der Waals surface area (Å²) < 4.78 is 18.1. The summed E-state index contributed by atoms with van der Waals surface area (Å²) in [5.74, 6) is -0.421. The molecule has 0 aliphatic rings. The number of carbonyl (C=O) groups excluding carboxylic acids is 2. The van der Waals surface area contributed by atoms with Crippen LogP contribution in [0.25, 0.3) is 0 Å². The van der Waals surface area contributed by atoms with E-state index >= 15 is 0 Å². The van der Waals surface area contributed by atoms with Crippen LogP contribution in [0.4, 0.5) is 10.1 Å². The van der Waals surface area contributed by atoms with E-state index in [4.69, 9.17) is 16.3 Å². The van der Waals surface area contributed by atoms with Gasteiger partial charge in [0.05, 0.1) is 19.3 Å². The van der Waals surface area contributed by atoms with Crippen LogP contribution in [-0.2, 0) is 16.0 Å². The Morgan fingerprint density at radius 2 is 1.88 bits per heavy atom. The summed E-state index contributed by atoms with van der Waals surface area (Å²) in [6, 6.07) is 10.9. The van der Waals surface area contributed by atoms with Crippen molar-refractivity contribution in [2.45, 2.75) is 13.3 Å². The molecule has 0 aliphatic heterocycles. The molecule has 0 aromatic heterocycles. The first-order chi connectivity index (χ1) is 12.4. The molecule has 0 saturated heterocycles. The number of benzene rings is 2. The number of halogens is 2. The van der Waals surface area contributed by atoms with Crippen LogP contribution in [-0.4, -0.2) is 36.9 Å². The van der Waals surface area contributed by atoms with Crippen molar-refractivity contribution in [1.29, 1.82) is 0 Å². The number of nitrogens with zero attached hydrogens (tertiary/aromatic N) is 1. The molecule has 0 saturated carbocycles. The Bertz CT molecular complexity index is 781. The highest BCUT2D eigenvalue weighted by Gasteiger charge is 2.15. The van der Waals surface area contributed by atoms with Gasteiger partial charge in [0.15, 0.2) is 0 Å². The third-order valence-electron chi connectivity index (χ3n) is 3.80. The molecule has 2 aromatic rings. The molecule has 2 rings (SSSR count). The third-order valence-corrected chi connectivity index (χ3v) is 4.03. The molecule has 0 spiro atoms. The zero-order valence-corrected chi connectivity index (χ0v) is 15.3. The average molecular weight is 379 g/mol. The van der Waals surface area contributed by atoms with E-state index in [1.807, 2.05) is 0 Å². The van der Waals surface area contributed by atoms with Crippen molar-refractivity contribution in [3.8, 4) is 5.75 Å². The molecule has 0 heterocycles. The van der Waals surface area contributed by atoms with E-state index < -0.39 is 0 Å². The average Bonchev–Trinajstić information content (AvgIpc) is 2.60. The molecule has 0 bridgehead atoms.